The molecule has 1 N–H and O–H groups in total. The van der Waals surface area contributed by atoms with Gasteiger partial charge in [0.1, 0.15) is 11.6 Å². The molecule has 4 aromatic rings. The fourth-order valence-electron chi connectivity index (χ4n) is 4.53. The molecule has 0 saturated carbocycles. The zero-order chi connectivity index (χ0) is 24.4. The normalized spacial score (nSPS) is 14.4. The zero-order valence-electron chi connectivity index (χ0n) is 19.5. The summed E-state index contributed by atoms with van der Waals surface area (Å²) in [6.45, 7) is 4.68. The van der Waals surface area contributed by atoms with Gasteiger partial charge in [-0.15, -0.1) is 0 Å². The second-order valence-corrected chi connectivity index (χ2v) is 9.19. The minimum absolute atomic E-state index is 0.204. The molecule has 6 nitrogen and oxygen atoms in total. The summed E-state index contributed by atoms with van der Waals surface area (Å²) in [5, 5.41) is 3.34. The Kier molecular flexibility index (Phi) is 6.70. The Morgan fingerprint density at radius 1 is 1.03 bits per heavy atom. The first-order chi connectivity index (χ1) is 17.0. The number of piperazine rings is 1. The molecular weight excluding hydrogens is 465 g/mol. The number of fused-ring (bicyclic) bond motifs is 1. The van der Waals surface area contributed by atoms with E-state index in [9.17, 15) is 9.18 Å². The first-order valence-electron chi connectivity index (χ1n) is 11.7. The van der Waals surface area contributed by atoms with E-state index in [1.807, 2.05) is 37.4 Å². The fourth-order valence-corrected chi connectivity index (χ4v) is 4.76. The summed E-state index contributed by atoms with van der Waals surface area (Å²) in [5.74, 6) is 0.561. The Labute approximate surface area is 208 Å². The Hall–Kier alpha value is -3.42. The Morgan fingerprint density at radius 3 is 2.51 bits per heavy atom. The SMILES string of the molecule is Cn1c(CCN2CCN(c3ccc(F)cc3)CC2)nc2cc(NC(=O)c3ccccc3Cl)ccc21. The van der Waals surface area contributed by atoms with Gasteiger partial charge < -0.3 is 14.8 Å². The minimum atomic E-state index is -0.245. The van der Waals surface area contributed by atoms with Crippen molar-refractivity contribution in [1.82, 2.24) is 14.5 Å². The van der Waals surface area contributed by atoms with Crippen molar-refractivity contribution in [1.29, 1.82) is 0 Å². The largest absolute Gasteiger partial charge is 0.369 e. The maximum Gasteiger partial charge on any atom is 0.257 e. The van der Waals surface area contributed by atoms with E-state index in [-0.39, 0.29) is 11.7 Å². The standard InChI is InChI=1S/C27H27ClFN5O/c1-32-25-11-8-20(30-27(35)22-4-2-3-5-23(22)28)18-24(25)31-26(32)12-13-33-14-16-34(17-15-33)21-9-6-19(29)7-10-21/h2-11,18H,12-17H2,1H3,(H,30,35). The highest BCUT2D eigenvalue weighted by atomic mass is 35.5. The molecule has 3 aromatic carbocycles. The van der Waals surface area contributed by atoms with Crippen LogP contribution in [0.5, 0.6) is 0 Å². The molecule has 1 aliphatic rings. The van der Waals surface area contributed by atoms with E-state index in [0.717, 1.165) is 61.7 Å². The predicted octanol–water partition coefficient (Wildman–Crippen LogP) is 4.98. The van der Waals surface area contributed by atoms with Crippen molar-refractivity contribution in [2.45, 2.75) is 6.42 Å². The smallest absolute Gasteiger partial charge is 0.257 e. The summed E-state index contributed by atoms with van der Waals surface area (Å²) in [7, 11) is 2.03. The first kappa shape index (κ1) is 23.3. The summed E-state index contributed by atoms with van der Waals surface area (Å²) in [5.41, 5.74) is 4.07. The van der Waals surface area contributed by atoms with Crippen LogP contribution in [-0.2, 0) is 13.5 Å². The van der Waals surface area contributed by atoms with Crippen molar-refractivity contribution >= 4 is 39.9 Å². The van der Waals surface area contributed by atoms with Gasteiger partial charge in [0.15, 0.2) is 0 Å². The molecule has 2 heterocycles. The number of carbonyl (C=O) groups excluding carboxylic acids is 1. The molecule has 1 saturated heterocycles. The number of hydrogen-bond acceptors (Lipinski definition) is 4. The van der Waals surface area contributed by atoms with E-state index in [0.29, 0.717) is 16.3 Å². The van der Waals surface area contributed by atoms with Crippen molar-refractivity contribution in [3.8, 4) is 0 Å². The number of carbonyl (C=O) groups is 1. The van der Waals surface area contributed by atoms with E-state index in [2.05, 4.69) is 19.7 Å². The number of hydrogen-bond donors (Lipinski definition) is 1. The third-order valence-electron chi connectivity index (χ3n) is 6.57. The van der Waals surface area contributed by atoms with Gasteiger partial charge in [0.2, 0.25) is 0 Å². The number of rotatable bonds is 6. The summed E-state index contributed by atoms with van der Waals surface area (Å²) >= 11 is 6.15. The molecule has 35 heavy (non-hydrogen) atoms. The van der Waals surface area contributed by atoms with Crippen LogP contribution in [0.25, 0.3) is 11.0 Å². The van der Waals surface area contributed by atoms with Crippen LogP contribution in [-0.4, -0.2) is 53.1 Å². The molecule has 0 unspecified atom stereocenters. The highest BCUT2D eigenvalue weighted by Gasteiger charge is 2.18. The molecule has 1 aliphatic heterocycles. The fraction of sp³-hybridized carbons (Fsp3) is 0.259. The summed E-state index contributed by atoms with van der Waals surface area (Å²) in [4.78, 5) is 22.2. The van der Waals surface area contributed by atoms with Gasteiger partial charge >= 0.3 is 0 Å². The van der Waals surface area contributed by atoms with Gasteiger partial charge in [0.05, 0.1) is 21.6 Å². The number of nitrogens with zero attached hydrogens (tertiary/aromatic N) is 4. The van der Waals surface area contributed by atoms with Crippen LogP contribution in [0.4, 0.5) is 15.8 Å². The first-order valence-corrected chi connectivity index (χ1v) is 12.1. The third kappa shape index (κ3) is 5.16. The number of amides is 1. The van der Waals surface area contributed by atoms with Crippen molar-refractivity contribution < 1.29 is 9.18 Å². The van der Waals surface area contributed by atoms with Crippen molar-refractivity contribution in [2.24, 2.45) is 7.05 Å². The summed E-state index contributed by atoms with van der Waals surface area (Å²) < 4.78 is 15.3. The lowest BCUT2D eigenvalue weighted by Crippen LogP contribution is -2.47. The van der Waals surface area contributed by atoms with Gasteiger partial charge in [-0.25, -0.2) is 9.37 Å². The maximum atomic E-state index is 13.2. The highest BCUT2D eigenvalue weighted by molar-refractivity contribution is 6.34. The number of imidazole rings is 1. The molecule has 0 radical (unpaired) electrons. The third-order valence-corrected chi connectivity index (χ3v) is 6.90. The van der Waals surface area contributed by atoms with Crippen LogP contribution in [0.3, 0.4) is 0 Å². The average Bonchev–Trinajstić information content (AvgIpc) is 3.18. The van der Waals surface area contributed by atoms with Crippen molar-refractivity contribution in [2.75, 3.05) is 42.9 Å². The van der Waals surface area contributed by atoms with Crippen LogP contribution in [0.2, 0.25) is 5.02 Å². The summed E-state index contributed by atoms with van der Waals surface area (Å²) in [6.07, 6.45) is 0.836. The Balaban J connectivity index is 1.20. The van der Waals surface area contributed by atoms with E-state index in [1.165, 1.54) is 12.1 Å². The van der Waals surface area contributed by atoms with Crippen LogP contribution < -0.4 is 10.2 Å². The monoisotopic (exact) mass is 491 g/mol. The lowest BCUT2D eigenvalue weighted by molar-refractivity contribution is 0.102. The predicted molar refractivity (Wildman–Crippen MR) is 139 cm³/mol. The maximum absolute atomic E-state index is 13.2. The van der Waals surface area contributed by atoms with Crippen LogP contribution >= 0.6 is 11.6 Å². The second kappa shape index (κ2) is 10.1. The molecular formula is C27H27ClFN5O. The van der Waals surface area contributed by atoms with Crippen LogP contribution in [0.15, 0.2) is 66.7 Å². The molecule has 1 amide bonds. The van der Waals surface area contributed by atoms with E-state index < -0.39 is 0 Å². The molecule has 1 fully saturated rings. The molecule has 1 aromatic heterocycles. The molecule has 8 heteroatoms. The van der Waals surface area contributed by atoms with Crippen LogP contribution in [0.1, 0.15) is 16.2 Å². The molecule has 5 rings (SSSR count). The van der Waals surface area contributed by atoms with Gasteiger partial charge in [-0.2, -0.15) is 0 Å². The van der Waals surface area contributed by atoms with E-state index in [1.54, 1.807) is 24.3 Å². The molecule has 0 spiro atoms. The quantitative estimate of drug-likeness (QED) is 0.413. The van der Waals surface area contributed by atoms with E-state index >= 15 is 0 Å². The second-order valence-electron chi connectivity index (χ2n) is 8.78. The number of nitrogens with one attached hydrogen (secondary N) is 1. The van der Waals surface area contributed by atoms with Crippen LogP contribution in [0, 0.1) is 5.82 Å². The van der Waals surface area contributed by atoms with Crippen molar-refractivity contribution in [3.05, 3.63) is 89.0 Å². The average molecular weight is 492 g/mol. The molecule has 0 aliphatic carbocycles. The number of anilines is 2. The van der Waals surface area contributed by atoms with Gasteiger partial charge in [-0.3, -0.25) is 9.69 Å². The lowest BCUT2D eigenvalue weighted by atomic mass is 10.2. The highest BCUT2D eigenvalue weighted by Crippen LogP contribution is 2.23. The van der Waals surface area contributed by atoms with Gasteiger partial charge in [0, 0.05) is 57.6 Å². The number of benzene rings is 3. The van der Waals surface area contributed by atoms with Crippen molar-refractivity contribution in [3.63, 3.8) is 0 Å². The zero-order valence-corrected chi connectivity index (χ0v) is 20.3. The molecule has 0 atom stereocenters. The Morgan fingerprint density at radius 2 is 1.77 bits per heavy atom. The Bertz CT molecular complexity index is 1350. The van der Waals surface area contributed by atoms with E-state index in [4.69, 9.17) is 16.6 Å². The summed E-state index contributed by atoms with van der Waals surface area (Å²) in [6, 6.07) is 19.5. The van der Waals surface area contributed by atoms with Gasteiger partial charge in [-0.05, 0) is 54.6 Å². The lowest BCUT2D eigenvalue weighted by Gasteiger charge is -2.36. The topological polar surface area (TPSA) is 53.4 Å². The number of halogens is 2. The van der Waals surface area contributed by atoms with Gasteiger partial charge in [-0.1, -0.05) is 23.7 Å². The minimum Gasteiger partial charge on any atom is -0.369 e. The molecule has 0 bridgehead atoms. The number of aromatic nitrogens is 2. The molecule has 180 valence electrons. The number of aryl methyl sites for hydroxylation is 1. The van der Waals surface area contributed by atoms with Gasteiger partial charge in [0.25, 0.3) is 5.91 Å².